The smallest absolute Gasteiger partial charge is 0.252 e. The van der Waals surface area contributed by atoms with E-state index < -0.39 is 0 Å². The first-order chi connectivity index (χ1) is 8.66. The number of amides is 1. The number of aromatic nitrogens is 1. The summed E-state index contributed by atoms with van der Waals surface area (Å²) in [5.74, 6) is -0.0740. The van der Waals surface area contributed by atoms with E-state index in [0.717, 1.165) is 17.4 Å². The van der Waals surface area contributed by atoms with Crippen LogP contribution in [0.4, 0.5) is 0 Å². The zero-order chi connectivity index (χ0) is 13.0. The molecule has 0 saturated carbocycles. The number of benzene rings is 1. The van der Waals surface area contributed by atoms with Crippen molar-refractivity contribution in [3.8, 4) is 0 Å². The number of para-hydroxylation sites is 1. The van der Waals surface area contributed by atoms with Gasteiger partial charge in [0.2, 0.25) is 0 Å². The highest BCUT2D eigenvalue weighted by atomic mass is 16.1. The minimum absolute atomic E-state index is 0.0740. The highest BCUT2D eigenvalue weighted by Crippen LogP contribution is 2.12. The zero-order valence-electron chi connectivity index (χ0n) is 10.7. The van der Waals surface area contributed by atoms with Crippen molar-refractivity contribution in [2.45, 2.75) is 0 Å². The van der Waals surface area contributed by atoms with Gasteiger partial charge in [0.05, 0.1) is 11.1 Å². The third kappa shape index (κ3) is 3.05. The molecule has 94 valence electrons. The summed E-state index contributed by atoms with van der Waals surface area (Å²) in [6.45, 7) is 1.46. The number of nitrogens with one attached hydrogen (secondary N) is 1. The maximum atomic E-state index is 11.9. The van der Waals surface area contributed by atoms with Crippen molar-refractivity contribution >= 4 is 16.8 Å². The van der Waals surface area contributed by atoms with E-state index in [1.54, 1.807) is 6.20 Å². The Bertz CT molecular complexity index is 551. The standard InChI is InChI=1S/C14H17N3O/c1-17(2)8-7-15-14(18)12-9-11-5-3-4-6-13(11)16-10-12/h3-6,9-10H,7-8H2,1-2H3,(H,15,18). The first-order valence-electron chi connectivity index (χ1n) is 5.94. The van der Waals surface area contributed by atoms with Crippen LogP contribution in [0, 0.1) is 0 Å². The summed E-state index contributed by atoms with van der Waals surface area (Å²) >= 11 is 0. The Morgan fingerprint density at radius 2 is 2.11 bits per heavy atom. The Morgan fingerprint density at radius 3 is 2.89 bits per heavy atom. The topological polar surface area (TPSA) is 45.2 Å². The molecule has 0 bridgehead atoms. The van der Waals surface area contributed by atoms with Crippen molar-refractivity contribution < 1.29 is 4.79 Å². The van der Waals surface area contributed by atoms with Gasteiger partial charge in [-0.25, -0.2) is 0 Å². The molecule has 2 rings (SSSR count). The van der Waals surface area contributed by atoms with Crippen molar-refractivity contribution in [2.24, 2.45) is 0 Å². The predicted octanol–water partition coefficient (Wildman–Crippen LogP) is 1.53. The van der Waals surface area contributed by atoms with Gasteiger partial charge in [-0.05, 0) is 26.2 Å². The average molecular weight is 243 g/mol. The number of rotatable bonds is 4. The average Bonchev–Trinajstić information content (AvgIpc) is 2.37. The van der Waals surface area contributed by atoms with Crippen LogP contribution in [0.3, 0.4) is 0 Å². The van der Waals surface area contributed by atoms with Crippen LogP contribution in [0.2, 0.25) is 0 Å². The summed E-state index contributed by atoms with van der Waals surface area (Å²) in [5.41, 5.74) is 1.51. The molecule has 0 atom stereocenters. The molecule has 0 aliphatic carbocycles. The fraction of sp³-hybridized carbons (Fsp3) is 0.286. The van der Waals surface area contributed by atoms with Crippen molar-refractivity contribution in [3.63, 3.8) is 0 Å². The molecule has 0 fully saturated rings. The number of carbonyl (C=O) groups is 1. The van der Waals surface area contributed by atoms with E-state index in [9.17, 15) is 4.79 Å². The Morgan fingerprint density at radius 1 is 1.33 bits per heavy atom. The Balaban J connectivity index is 2.08. The van der Waals surface area contributed by atoms with Gasteiger partial charge in [-0.2, -0.15) is 0 Å². The van der Waals surface area contributed by atoms with Gasteiger partial charge < -0.3 is 10.2 Å². The van der Waals surface area contributed by atoms with Crippen LogP contribution >= 0.6 is 0 Å². The first-order valence-corrected chi connectivity index (χ1v) is 5.94. The lowest BCUT2D eigenvalue weighted by Crippen LogP contribution is -2.31. The lowest BCUT2D eigenvalue weighted by Gasteiger charge is -2.10. The number of hydrogen-bond acceptors (Lipinski definition) is 3. The molecule has 0 aliphatic rings. The highest BCUT2D eigenvalue weighted by molar-refractivity contribution is 5.97. The summed E-state index contributed by atoms with van der Waals surface area (Å²) in [5, 5.41) is 3.86. The molecule has 4 nitrogen and oxygen atoms in total. The molecule has 18 heavy (non-hydrogen) atoms. The lowest BCUT2D eigenvalue weighted by molar-refractivity contribution is 0.0951. The van der Waals surface area contributed by atoms with Crippen LogP contribution in [0.1, 0.15) is 10.4 Å². The maximum absolute atomic E-state index is 11.9. The van der Waals surface area contributed by atoms with Gasteiger partial charge >= 0.3 is 0 Å². The van der Waals surface area contributed by atoms with E-state index in [2.05, 4.69) is 10.3 Å². The molecule has 0 spiro atoms. The number of hydrogen-bond donors (Lipinski definition) is 1. The molecule has 2 aromatic rings. The van der Waals surface area contributed by atoms with E-state index in [0.29, 0.717) is 12.1 Å². The van der Waals surface area contributed by atoms with E-state index in [1.165, 1.54) is 0 Å². The SMILES string of the molecule is CN(C)CCNC(=O)c1cnc2ccccc2c1. The van der Waals surface area contributed by atoms with Gasteiger partial charge in [0, 0.05) is 24.7 Å². The van der Waals surface area contributed by atoms with E-state index in [4.69, 9.17) is 0 Å². The van der Waals surface area contributed by atoms with E-state index in [-0.39, 0.29) is 5.91 Å². The minimum Gasteiger partial charge on any atom is -0.351 e. The van der Waals surface area contributed by atoms with Gasteiger partial charge in [-0.15, -0.1) is 0 Å². The highest BCUT2D eigenvalue weighted by Gasteiger charge is 2.06. The van der Waals surface area contributed by atoms with Crippen LogP contribution in [0.15, 0.2) is 36.5 Å². The number of fused-ring (bicyclic) bond motifs is 1. The maximum Gasteiger partial charge on any atom is 0.252 e. The molecule has 0 radical (unpaired) electrons. The second-order valence-corrected chi connectivity index (χ2v) is 4.48. The van der Waals surface area contributed by atoms with Gasteiger partial charge in [0.15, 0.2) is 0 Å². The van der Waals surface area contributed by atoms with Crippen LogP contribution in [-0.4, -0.2) is 43.0 Å². The first kappa shape index (κ1) is 12.5. The molecule has 0 unspecified atom stereocenters. The third-order valence-corrected chi connectivity index (χ3v) is 2.70. The molecule has 1 amide bonds. The second-order valence-electron chi connectivity index (χ2n) is 4.48. The molecule has 4 heteroatoms. The summed E-state index contributed by atoms with van der Waals surface area (Å²) in [6, 6.07) is 9.64. The number of nitrogens with zero attached hydrogens (tertiary/aromatic N) is 2. The normalized spacial score (nSPS) is 10.8. The van der Waals surface area contributed by atoms with Gasteiger partial charge in [-0.3, -0.25) is 9.78 Å². The predicted molar refractivity (Wildman–Crippen MR) is 72.6 cm³/mol. The molecule has 1 heterocycles. The Kier molecular flexibility index (Phi) is 3.89. The summed E-state index contributed by atoms with van der Waals surface area (Å²) in [7, 11) is 3.95. The molecule has 0 saturated heterocycles. The number of carbonyl (C=O) groups excluding carboxylic acids is 1. The Labute approximate surface area is 107 Å². The summed E-state index contributed by atoms with van der Waals surface area (Å²) < 4.78 is 0. The minimum atomic E-state index is -0.0740. The largest absolute Gasteiger partial charge is 0.351 e. The molecule has 1 N–H and O–H groups in total. The Hall–Kier alpha value is -1.94. The van der Waals surface area contributed by atoms with Crippen molar-refractivity contribution in [1.29, 1.82) is 0 Å². The lowest BCUT2D eigenvalue weighted by atomic mass is 10.1. The fourth-order valence-corrected chi connectivity index (χ4v) is 1.69. The quantitative estimate of drug-likeness (QED) is 0.885. The van der Waals surface area contributed by atoms with Crippen LogP contribution in [-0.2, 0) is 0 Å². The van der Waals surface area contributed by atoms with E-state index >= 15 is 0 Å². The summed E-state index contributed by atoms with van der Waals surface area (Å²) in [6.07, 6.45) is 1.62. The van der Waals surface area contributed by atoms with Gasteiger partial charge in [0.1, 0.15) is 0 Å². The monoisotopic (exact) mass is 243 g/mol. The number of likely N-dealkylation sites (N-methyl/N-ethyl adjacent to an activating group) is 1. The van der Waals surface area contributed by atoms with E-state index in [1.807, 2.05) is 49.3 Å². The molecule has 0 aliphatic heterocycles. The van der Waals surface area contributed by atoms with Crippen molar-refractivity contribution in [3.05, 3.63) is 42.1 Å². The number of pyridine rings is 1. The molecular formula is C14H17N3O. The fourth-order valence-electron chi connectivity index (χ4n) is 1.69. The third-order valence-electron chi connectivity index (χ3n) is 2.70. The van der Waals surface area contributed by atoms with Crippen LogP contribution < -0.4 is 5.32 Å². The zero-order valence-corrected chi connectivity index (χ0v) is 10.7. The van der Waals surface area contributed by atoms with Gasteiger partial charge in [0.25, 0.3) is 5.91 Å². The molecule has 1 aromatic heterocycles. The van der Waals surface area contributed by atoms with Crippen LogP contribution in [0.5, 0.6) is 0 Å². The van der Waals surface area contributed by atoms with Crippen molar-refractivity contribution in [2.75, 3.05) is 27.2 Å². The summed E-state index contributed by atoms with van der Waals surface area (Å²) in [4.78, 5) is 18.2. The second kappa shape index (κ2) is 5.60. The molecular weight excluding hydrogens is 226 g/mol. The van der Waals surface area contributed by atoms with Crippen molar-refractivity contribution in [1.82, 2.24) is 15.2 Å². The van der Waals surface area contributed by atoms with Gasteiger partial charge in [-0.1, -0.05) is 18.2 Å². The molecule has 1 aromatic carbocycles. The van der Waals surface area contributed by atoms with Crippen LogP contribution in [0.25, 0.3) is 10.9 Å².